The second kappa shape index (κ2) is 7.94. The van der Waals surface area contributed by atoms with Gasteiger partial charge in [0, 0.05) is 57.7 Å². The van der Waals surface area contributed by atoms with Crippen LogP contribution in [0, 0.1) is 26.7 Å². The van der Waals surface area contributed by atoms with E-state index in [-0.39, 0.29) is 0 Å². The van der Waals surface area contributed by atoms with E-state index in [2.05, 4.69) is 38.9 Å². The fraction of sp³-hybridized carbons (Fsp3) is 0.650. The van der Waals surface area contributed by atoms with Gasteiger partial charge in [-0.1, -0.05) is 0 Å². The summed E-state index contributed by atoms with van der Waals surface area (Å²) in [4.78, 5) is 14.3. The Kier molecular flexibility index (Phi) is 5.41. The molecular weight excluding hydrogens is 340 g/mol. The van der Waals surface area contributed by atoms with Crippen LogP contribution < -0.4 is 4.90 Å². The Balaban J connectivity index is 1.43. The quantitative estimate of drug-likeness (QED) is 0.822. The van der Waals surface area contributed by atoms with Gasteiger partial charge >= 0.3 is 0 Å². The van der Waals surface area contributed by atoms with Gasteiger partial charge in [0.05, 0.1) is 5.69 Å². The van der Waals surface area contributed by atoms with Crippen LogP contribution in [0.2, 0.25) is 0 Å². The molecule has 0 saturated carbocycles. The van der Waals surface area contributed by atoms with Crippen molar-refractivity contribution in [3.05, 3.63) is 29.3 Å². The lowest BCUT2D eigenvalue weighted by molar-refractivity contribution is 0.0517. The fourth-order valence-electron chi connectivity index (χ4n) is 4.12. The van der Waals surface area contributed by atoms with E-state index in [0.29, 0.717) is 0 Å². The number of nitrogens with zero attached hydrogens (tertiary/aromatic N) is 6. The molecule has 2 aliphatic rings. The zero-order valence-corrected chi connectivity index (χ0v) is 16.7. The fourth-order valence-corrected chi connectivity index (χ4v) is 4.12. The molecule has 0 bridgehead atoms. The summed E-state index contributed by atoms with van der Waals surface area (Å²) in [6, 6.07) is 4.15. The minimum absolute atomic E-state index is 0.791. The van der Waals surface area contributed by atoms with Crippen molar-refractivity contribution >= 4 is 5.82 Å². The Morgan fingerprint density at radius 1 is 0.963 bits per heavy atom. The molecule has 0 aliphatic carbocycles. The van der Waals surface area contributed by atoms with Crippen LogP contribution in [0.15, 0.2) is 12.1 Å². The molecule has 0 aromatic carbocycles. The molecule has 2 aromatic rings. The van der Waals surface area contributed by atoms with E-state index < -0.39 is 0 Å². The summed E-state index contributed by atoms with van der Waals surface area (Å²) in [5.74, 6) is 3.45. The van der Waals surface area contributed by atoms with E-state index >= 15 is 0 Å². The van der Waals surface area contributed by atoms with Crippen LogP contribution in [-0.2, 0) is 4.74 Å². The summed E-state index contributed by atoms with van der Waals surface area (Å²) in [5, 5.41) is 4.57. The Morgan fingerprint density at radius 3 is 2.33 bits per heavy atom. The first-order chi connectivity index (χ1) is 13.1. The first kappa shape index (κ1) is 18.4. The topological polar surface area (TPSA) is 59.3 Å². The third-order valence-corrected chi connectivity index (χ3v) is 5.59. The molecule has 2 aliphatic heterocycles. The van der Waals surface area contributed by atoms with E-state index in [0.717, 1.165) is 74.2 Å². The maximum absolute atomic E-state index is 5.48. The molecule has 4 rings (SSSR count). The van der Waals surface area contributed by atoms with Crippen molar-refractivity contribution in [3.63, 3.8) is 0 Å². The van der Waals surface area contributed by atoms with Crippen LogP contribution >= 0.6 is 0 Å². The Morgan fingerprint density at radius 2 is 1.67 bits per heavy atom. The molecule has 0 radical (unpaired) electrons. The zero-order valence-electron chi connectivity index (χ0n) is 16.7. The van der Waals surface area contributed by atoms with E-state index in [4.69, 9.17) is 9.72 Å². The third kappa shape index (κ3) is 4.30. The summed E-state index contributed by atoms with van der Waals surface area (Å²) < 4.78 is 7.40. The molecule has 146 valence electrons. The Labute approximate surface area is 161 Å². The number of piperazine rings is 1. The van der Waals surface area contributed by atoms with Gasteiger partial charge in [-0.25, -0.2) is 14.6 Å². The molecule has 0 unspecified atom stereocenters. The molecule has 7 nitrogen and oxygen atoms in total. The van der Waals surface area contributed by atoms with Crippen LogP contribution in [0.3, 0.4) is 0 Å². The average molecular weight is 371 g/mol. The Hall–Kier alpha value is -1.99. The van der Waals surface area contributed by atoms with Gasteiger partial charge in [0.15, 0.2) is 5.82 Å². The van der Waals surface area contributed by atoms with E-state index in [1.165, 1.54) is 19.4 Å². The van der Waals surface area contributed by atoms with Crippen LogP contribution in [-0.4, -0.2) is 70.6 Å². The van der Waals surface area contributed by atoms with Gasteiger partial charge in [-0.15, -0.1) is 0 Å². The molecule has 2 aromatic heterocycles. The smallest absolute Gasteiger partial charge is 0.159 e. The van der Waals surface area contributed by atoms with Crippen LogP contribution in [0.1, 0.15) is 30.1 Å². The molecule has 0 N–H and O–H groups in total. The van der Waals surface area contributed by atoms with Crippen molar-refractivity contribution in [2.75, 3.05) is 50.8 Å². The highest BCUT2D eigenvalue weighted by atomic mass is 16.5. The summed E-state index contributed by atoms with van der Waals surface area (Å²) >= 11 is 0. The van der Waals surface area contributed by atoms with E-state index in [9.17, 15) is 0 Å². The van der Waals surface area contributed by atoms with Gasteiger partial charge in [0.25, 0.3) is 0 Å². The first-order valence-corrected chi connectivity index (χ1v) is 10.0. The minimum atomic E-state index is 0.791. The van der Waals surface area contributed by atoms with E-state index in [1.54, 1.807) is 0 Å². The van der Waals surface area contributed by atoms with Gasteiger partial charge < -0.3 is 9.64 Å². The standard InChI is InChI=1S/C20H30N6O/c1-15-12-16(2)26(23-15)20-13-19(21-17(3)22-20)25-8-6-24(7-9-25)14-18-4-10-27-11-5-18/h12-13,18H,4-11,14H2,1-3H3. The van der Waals surface area contributed by atoms with Crippen LogP contribution in [0.25, 0.3) is 5.82 Å². The number of hydrogen-bond donors (Lipinski definition) is 0. The first-order valence-electron chi connectivity index (χ1n) is 10.0. The highest BCUT2D eigenvalue weighted by molar-refractivity contribution is 5.45. The molecule has 7 heteroatoms. The maximum atomic E-state index is 5.48. The van der Waals surface area contributed by atoms with Crippen molar-refractivity contribution in [2.24, 2.45) is 5.92 Å². The number of anilines is 1. The lowest BCUT2D eigenvalue weighted by atomic mass is 9.99. The average Bonchev–Trinajstić information content (AvgIpc) is 3.01. The van der Waals surface area contributed by atoms with Crippen molar-refractivity contribution in [1.29, 1.82) is 0 Å². The van der Waals surface area contributed by atoms with Crippen LogP contribution in [0.5, 0.6) is 0 Å². The third-order valence-electron chi connectivity index (χ3n) is 5.59. The van der Waals surface area contributed by atoms with Crippen molar-refractivity contribution in [2.45, 2.75) is 33.6 Å². The zero-order chi connectivity index (χ0) is 18.8. The van der Waals surface area contributed by atoms with Crippen LogP contribution in [0.4, 0.5) is 5.82 Å². The maximum Gasteiger partial charge on any atom is 0.159 e. The predicted octanol–water partition coefficient (Wildman–Crippen LogP) is 2.14. The highest BCUT2D eigenvalue weighted by Gasteiger charge is 2.23. The normalized spacial score (nSPS) is 19.6. The van der Waals surface area contributed by atoms with Gasteiger partial charge in [0.1, 0.15) is 11.6 Å². The lowest BCUT2D eigenvalue weighted by Gasteiger charge is -2.37. The van der Waals surface area contributed by atoms with Gasteiger partial charge in [-0.05, 0) is 45.6 Å². The molecule has 0 spiro atoms. The largest absolute Gasteiger partial charge is 0.381 e. The summed E-state index contributed by atoms with van der Waals surface area (Å²) in [6.45, 7) is 13.3. The molecule has 2 saturated heterocycles. The Bertz CT molecular complexity index is 775. The van der Waals surface area contributed by atoms with Crippen molar-refractivity contribution < 1.29 is 4.74 Å². The van der Waals surface area contributed by atoms with Gasteiger partial charge in [-0.3, -0.25) is 4.90 Å². The van der Waals surface area contributed by atoms with E-state index in [1.807, 2.05) is 18.5 Å². The lowest BCUT2D eigenvalue weighted by Crippen LogP contribution is -2.48. The second-order valence-electron chi connectivity index (χ2n) is 7.81. The molecular formula is C20H30N6O. The summed E-state index contributed by atoms with van der Waals surface area (Å²) in [5.41, 5.74) is 2.10. The predicted molar refractivity (Wildman–Crippen MR) is 106 cm³/mol. The molecule has 27 heavy (non-hydrogen) atoms. The number of hydrogen-bond acceptors (Lipinski definition) is 6. The van der Waals surface area contributed by atoms with Gasteiger partial charge in [-0.2, -0.15) is 5.10 Å². The number of aromatic nitrogens is 4. The summed E-state index contributed by atoms with van der Waals surface area (Å²) in [7, 11) is 0. The molecule has 0 atom stereocenters. The molecule has 4 heterocycles. The molecule has 0 amide bonds. The SMILES string of the molecule is Cc1cc(C)n(-c2cc(N3CCN(CC4CCOCC4)CC3)nc(C)n2)n1. The minimum Gasteiger partial charge on any atom is -0.381 e. The number of ether oxygens (including phenoxy) is 1. The number of aryl methyl sites for hydroxylation is 3. The second-order valence-corrected chi connectivity index (χ2v) is 7.81. The van der Waals surface area contributed by atoms with Gasteiger partial charge in [0.2, 0.25) is 0 Å². The van der Waals surface area contributed by atoms with Crippen molar-refractivity contribution in [3.8, 4) is 5.82 Å². The monoisotopic (exact) mass is 370 g/mol. The highest BCUT2D eigenvalue weighted by Crippen LogP contribution is 2.21. The summed E-state index contributed by atoms with van der Waals surface area (Å²) in [6.07, 6.45) is 2.41. The molecule has 2 fully saturated rings. The van der Waals surface area contributed by atoms with Crippen molar-refractivity contribution in [1.82, 2.24) is 24.6 Å². The number of rotatable bonds is 4.